The summed E-state index contributed by atoms with van der Waals surface area (Å²) in [6.45, 7) is 10.2. The van der Waals surface area contributed by atoms with Crippen molar-refractivity contribution in [3.63, 3.8) is 0 Å². The lowest BCUT2D eigenvalue weighted by Crippen LogP contribution is -2.60. The number of carbonyl (C=O) groups excluding carboxylic acids is 3. The second kappa shape index (κ2) is 11.6. The maximum atomic E-state index is 14.5. The number of benzene rings is 1. The smallest absolute Gasteiger partial charge is 0.246 e. The Balaban J connectivity index is 1.51. The van der Waals surface area contributed by atoms with Gasteiger partial charge in [0.25, 0.3) is 0 Å². The summed E-state index contributed by atoms with van der Waals surface area (Å²) in [5, 5.41) is 16.8. The minimum Gasteiger partial charge on any atom is -0.494 e. The molecule has 2 bridgehead atoms. The number of aliphatic hydroxyl groups is 1. The molecule has 9 heteroatoms. The predicted molar refractivity (Wildman–Crippen MR) is 155 cm³/mol. The summed E-state index contributed by atoms with van der Waals surface area (Å²) < 4.78 is 12.4. The Morgan fingerprint density at radius 2 is 1.83 bits per heavy atom. The number of nitrogens with one attached hydrogen (secondary N) is 2. The lowest BCUT2D eigenvalue weighted by Gasteiger charge is -2.40. The summed E-state index contributed by atoms with van der Waals surface area (Å²) in [4.78, 5) is 44.3. The summed E-state index contributed by atoms with van der Waals surface area (Å²) in [5.74, 6) is -1.76. The van der Waals surface area contributed by atoms with Crippen molar-refractivity contribution in [2.75, 3.05) is 18.5 Å². The number of likely N-dealkylation sites (tertiary alicyclic amines) is 1. The molecule has 4 fully saturated rings. The lowest BCUT2D eigenvalue weighted by molar-refractivity contribution is -0.151. The van der Waals surface area contributed by atoms with Crippen LogP contribution in [0.3, 0.4) is 0 Å². The van der Waals surface area contributed by atoms with Crippen molar-refractivity contribution in [3.8, 4) is 5.75 Å². The molecule has 41 heavy (non-hydrogen) atoms. The van der Waals surface area contributed by atoms with Crippen molar-refractivity contribution in [2.24, 2.45) is 23.7 Å². The fraction of sp³-hybridized carbons (Fsp3) is 0.719. The van der Waals surface area contributed by atoms with Crippen LogP contribution in [0.1, 0.15) is 79.6 Å². The van der Waals surface area contributed by atoms with Gasteiger partial charge in [-0.3, -0.25) is 14.4 Å². The number of rotatable bonds is 10. The van der Waals surface area contributed by atoms with Crippen LogP contribution in [0.25, 0.3) is 0 Å². The first kappa shape index (κ1) is 29.8. The Bertz CT molecular complexity index is 1140. The molecule has 1 spiro atoms. The average Bonchev–Trinajstić information content (AvgIpc) is 3.47. The number of fused-ring (bicyclic) bond motifs is 1. The van der Waals surface area contributed by atoms with Crippen LogP contribution in [-0.2, 0) is 19.1 Å². The third-order valence-electron chi connectivity index (χ3n) is 10.5. The fourth-order valence-electron chi connectivity index (χ4n) is 8.10. The third-order valence-corrected chi connectivity index (χ3v) is 10.5. The van der Waals surface area contributed by atoms with Crippen molar-refractivity contribution < 1.29 is 29.0 Å². The monoisotopic (exact) mass is 569 g/mol. The van der Waals surface area contributed by atoms with Gasteiger partial charge >= 0.3 is 0 Å². The van der Waals surface area contributed by atoms with Crippen LogP contribution in [0.2, 0.25) is 0 Å². The molecule has 4 aliphatic rings. The molecule has 3 aliphatic heterocycles. The molecule has 3 saturated heterocycles. The summed E-state index contributed by atoms with van der Waals surface area (Å²) in [5.41, 5.74) is -1.43. The van der Waals surface area contributed by atoms with Gasteiger partial charge in [-0.1, -0.05) is 46.5 Å². The number of aliphatic hydroxyl groups excluding tert-OH is 1. The van der Waals surface area contributed by atoms with Crippen molar-refractivity contribution in [2.45, 2.75) is 109 Å². The largest absolute Gasteiger partial charge is 0.494 e. The molecule has 8 atom stereocenters. The number of nitrogens with zero attached hydrogens (tertiary/aromatic N) is 1. The van der Waals surface area contributed by atoms with Crippen molar-refractivity contribution in [3.05, 3.63) is 24.3 Å². The summed E-state index contributed by atoms with van der Waals surface area (Å²) >= 11 is 0. The zero-order valence-electron chi connectivity index (χ0n) is 25.2. The molecule has 0 aromatic heterocycles. The Kier molecular flexibility index (Phi) is 8.41. The van der Waals surface area contributed by atoms with E-state index in [1.54, 1.807) is 29.2 Å². The van der Waals surface area contributed by atoms with Crippen LogP contribution in [-0.4, -0.2) is 70.3 Å². The highest BCUT2D eigenvalue weighted by atomic mass is 16.5. The minimum absolute atomic E-state index is 0.0366. The number of ether oxygens (including phenoxy) is 2. The maximum Gasteiger partial charge on any atom is 0.246 e. The first-order valence-corrected chi connectivity index (χ1v) is 15.6. The Morgan fingerprint density at radius 3 is 2.44 bits per heavy atom. The zero-order chi connectivity index (χ0) is 29.5. The van der Waals surface area contributed by atoms with Crippen LogP contribution in [0.5, 0.6) is 5.75 Å². The highest BCUT2D eigenvalue weighted by Gasteiger charge is 2.80. The molecule has 3 unspecified atom stereocenters. The molecular weight excluding hydrogens is 522 g/mol. The molecule has 226 valence electrons. The molecule has 3 amide bonds. The summed E-state index contributed by atoms with van der Waals surface area (Å²) in [6.07, 6.45) is 6.37. The molecule has 1 aromatic carbocycles. The van der Waals surface area contributed by atoms with Gasteiger partial charge in [0.1, 0.15) is 17.4 Å². The number of carbonyl (C=O) groups is 3. The van der Waals surface area contributed by atoms with Gasteiger partial charge in [-0.2, -0.15) is 0 Å². The van der Waals surface area contributed by atoms with Gasteiger partial charge in [0.15, 0.2) is 0 Å². The van der Waals surface area contributed by atoms with E-state index in [2.05, 4.69) is 10.6 Å². The van der Waals surface area contributed by atoms with Crippen molar-refractivity contribution in [1.29, 1.82) is 0 Å². The third kappa shape index (κ3) is 4.92. The molecule has 3 heterocycles. The molecule has 0 radical (unpaired) electrons. The van der Waals surface area contributed by atoms with Gasteiger partial charge in [-0.15, -0.1) is 0 Å². The topological polar surface area (TPSA) is 117 Å². The van der Waals surface area contributed by atoms with E-state index in [0.29, 0.717) is 24.5 Å². The maximum absolute atomic E-state index is 14.5. The lowest BCUT2D eigenvalue weighted by atomic mass is 9.62. The Hall–Kier alpha value is -2.65. The Labute approximate surface area is 243 Å². The van der Waals surface area contributed by atoms with E-state index >= 15 is 0 Å². The molecule has 3 N–H and O–H groups in total. The molecular formula is C32H47N3O6. The zero-order valence-corrected chi connectivity index (χ0v) is 25.2. The van der Waals surface area contributed by atoms with E-state index < -0.39 is 35.1 Å². The number of hydrogen-bond acceptors (Lipinski definition) is 6. The summed E-state index contributed by atoms with van der Waals surface area (Å²) in [6, 6.07) is 5.78. The van der Waals surface area contributed by atoms with Crippen molar-refractivity contribution >= 4 is 23.4 Å². The van der Waals surface area contributed by atoms with Crippen LogP contribution >= 0.6 is 0 Å². The molecule has 1 saturated carbocycles. The van der Waals surface area contributed by atoms with Gasteiger partial charge in [0.2, 0.25) is 17.7 Å². The standard InChI is InChI=1S/C32H47N3O6/c1-6-19(3)24(18-36)35-27(29(38)34-21-11-9-8-10-12-21)32-17-20(4)31(5,41-32)25(26(32)30(35)39)28(37)33-22-13-15-23(16-14-22)40-7-2/h13-16,19-21,24-27,36H,6-12,17-18H2,1-5H3,(H,33,37)(H,34,38)/t19-,20?,24-,25-,26-,27?,31+,32?/m0/s1. The van der Waals surface area contributed by atoms with E-state index in [9.17, 15) is 19.5 Å². The number of amides is 3. The van der Waals surface area contributed by atoms with Gasteiger partial charge in [-0.05, 0) is 69.2 Å². The van der Waals surface area contributed by atoms with E-state index in [-0.39, 0.29) is 42.2 Å². The Morgan fingerprint density at radius 1 is 1.15 bits per heavy atom. The van der Waals surface area contributed by atoms with Crippen LogP contribution < -0.4 is 15.4 Å². The first-order valence-electron chi connectivity index (χ1n) is 15.6. The number of hydrogen-bond donors (Lipinski definition) is 3. The van der Waals surface area contributed by atoms with E-state index in [1.165, 1.54) is 0 Å². The van der Waals surface area contributed by atoms with Gasteiger partial charge in [0.05, 0.1) is 36.7 Å². The number of anilines is 1. The van der Waals surface area contributed by atoms with Crippen LogP contribution in [0.4, 0.5) is 5.69 Å². The minimum atomic E-state index is -1.13. The van der Waals surface area contributed by atoms with E-state index in [0.717, 1.165) is 38.5 Å². The van der Waals surface area contributed by atoms with E-state index in [1.807, 2.05) is 34.6 Å². The normalized spacial score (nSPS) is 34.3. The van der Waals surface area contributed by atoms with Gasteiger partial charge in [0, 0.05) is 11.7 Å². The molecule has 5 rings (SSSR count). The molecule has 1 aromatic rings. The second-order valence-corrected chi connectivity index (χ2v) is 12.9. The predicted octanol–water partition coefficient (Wildman–Crippen LogP) is 3.89. The second-order valence-electron chi connectivity index (χ2n) is 12.9. The van der Waals surface area contributed by atoms with Crippen LogP contribution in [0.15, 0.2) is 24.3 Å². The quantitative estimate of drug-likeness (QED) is 0.394. The molecule has 1 aliphatic carbocycles. The molecule has 9 nitrogen and oxygen atoms in total. The highest BCUT2D eigenvalue weighted by molar-refractivity contribution is 6.02. The first-order chi connectivity index (χ1) is 19.6. The van der Waals surface area contributed by atoms with E-state index in [4.69, 9.17) is 9.47 Å². The highest BCUT2D eigenvalue weighted by Crippen LogP contribution is 2.65. The van der Waals surface area contributed by atoms with Gasteiger partial charge < -0.3 is 30.1 Å². The summed E-state index contributed by atoms with van der Waals surface area (Å²) in [7, 11) is 0. The van der Waals surface area contributed by atoms with Crippen molar-refractivity contribution in [1.82, 2.24) is 10.2 Å². The fourth-order valence-corrected chi connectivity index (χ4v) is 8.10. The van der Waals surface area contributed by atoms with Crippen LogP contribution in [0, 0.1) is 23.7 Å². The SMILES string of the molecule is CCOc1ccc(NC(=O)[C@@H]2[C@H]3C(=O)N([C@@H](CO)[C@@H](C)CC)C(C(=O)NC4CCCCC4)C34CC(C)[C@@]2(C)O4)cc1. The van der Waals surface area contributed by atoms with Gasteiger partial charge in [-0.25, -0.2) is 0 Å². The average molecular weight is 570 g/mol.